The van der Waals surface area contributed by atoms with Gasteiger partial charge in [0.1, 0.15) is 0 Å². The molecule has 1 atom stereocenters. The number of carbonyl (C=O) groups is 1. The number of hydrogen-bond acceptors (Lipinski definition) is 1. The third kappa shape index (κ3) is 2.08. The van der Waals surface area contributed by atoms with Crippen LogP contribution in [0.4, 0.5) is 0 Å². The molecule has 2 aromatic carbocycles. The molecule has 1 nitrogen and oxygen atoms in total. The minimum atomic E-state index is -0.0536. The van der Waals surface area contributed by atoms with E-state index in [1.165, 1.54) is 0 Å². The average Bonchev–Trinajstić information content (AvgIpc) is 3.21. The van der Waals surface area contributed by atoms with Gasteiger partial charge < -0.3 is 0 Å². The Bertz CT molecular complexity index is 619. The van der Waals surface area contributed by atoms with Crippen molar-refractivity contribution in [3.8, 4) is 0 Å². The zero-order chi connectivity index (χ0) is 12.7. The summed E-state index contributed by atoms with van der Waals surface area (Å²) in [5.41, 5.74) is 0.767. The normalized spacial score (nSPS) is 16.8. The average molecular weight is 324 g/mol. The number of hydrogen-bond donors (Lipinski definition) is 0. The highest BCUT2D eigenvalue weighted by Crippen LogP contribution is 2.39. The molecule has 0 saturated heterocycles. The monoisotopic (exact) mass is 322 g/mol. The Kier molecular flexibility index (Phi) is 3.16. The molecule has 92 valence electrons. The van der Waals surface area contributed by atoms with Crippen LogP contribution in [0.5, 0.6) is 0 Å². The van der Waals surface area contributed by atoms with Crippen molar-refractivity contribution >= 4 is 44.1 Å². The van der Waals surface area contributed by atoms with E-state index in [9.17, 15) is 4.79 Å². The second-order valence-corrected chi connectivity index (χ2v) is 6.14. The van der Waals surface area contributed by atoms with Crippen LogP contribution in [0.1, 0.15) is 23.2 Å². The summed E-state index contributed by atoms with van der Waals surface area (Å²) in [7, 11) is 0. The van der Waals surface area contributed by atoms with Crippen molar-refractivity contribution in [3.05, 3.63) is 47.0 Å². The van der Waals surface area contributed by atoms with E-state index in [0.29, 0.717) is 10.9 Å². The number of fused-ring (bicyclic) bond motifs is 1. The first kappa shape index (κ1) is 12.2. The Morgan fingerprint density at radius 2 is 1.83 bits per heavy atom. The summed E-state index contributed by atoms with van der Waals surface area (Å²) < 4.78 is 0. The molecule has 18 heavy (non-hydrogen) atoms. The first-order valence-corrected chi connectivity index (χ1v) is 7.33. The molecule has 1 saturated carbocycles. The summed E-state index contributed by atoms with van der Waals surface area (Å²) in [6.07, 6.45) is 2.29. The van der Waals surface area contributed by atoms with Crippen LogP contribution in [0.15, 0.2) is 36.4 Å². The Labute approximate surface area is 119 Å². The van der Waals surface area contributed by atoms with E-state index < -0.39 is 0 Å². The lowest BCUT2D eigenvalue weighted by Crippen LogP contribution is -2.16. The highest BCUT2D eigenvalue weighted by Gasteiger charge is 2.34. The molecule has 1 aliphatic carbocycles. The van der Waals surface area contributed by atoms with E-state index in [2.05, 4.69) is 15.9 Å². The summed E-state index contributed by atoms with van der Waals surface area (Å²) in [5.74, 6) is 0.678. The van der Waals surface area contributed by atoms with Gasteiger partial charge >= 0.3 is 0 Å². The Morgan fingerprint density at radius 1 is 1.17 bits per heavy atom. The zero-order valence-electron chi connectivity index (χ0n) is 9.70. The highest BCUT2D eigenvalue weighted by molar-refractivity contribution is 9.10. The third-order valence-electron chi connectivity index (χ3n) is 3.42. The molecule has 1 aliphatic rings. The molecule has 0 spiro atoms. The van der Waals surface area contributed by atoms with Gasteiger partial charge in [0.05, 0.1) is 4.83 Å². The van der Waals surface area contributed by atoms with Crippen LogP contribution in [0.3, 0.4) is 0 Å². The molecule has 3 rings (SSSR count). The standard InChI is InChI=1S/C15H12BrClO/c16-14(9-7-8-9)15(18)12-5-1-4-11-10(12)3-2-6-13(11)17/h1-6,9,14H,7-8H2. The molecule has 1 fully saturated rings. The van der Waals surface area contributed by atoms with Crippen molar-refractivity contribution in [2.75, 3.05) is 0 Å². The second kappa shape index (κ2) is 4.67. The molecule has 2 aromatic rings. The summed E-state index contributed by atoms with van der Waals surface area (Å²) in [6.45, 7) is 0. The number of benzene rings is 2. The lowest BCUT2D eigenvalue weighted by Gasteiger charge is -2.10. The maximum Gasteiger partial charge on any atom is 0.177 e. The number of Topliss-reactive ketones (excluding diaryl/α,β-unsaturated/α-hetero) is 1. The van der Waals surface area contributed by atoms with Crippen LogP contribution in [-0.2, 0) is 0 Å². The molecule has 0 bridgehead atoms. The van der Waals surface area contributed by atoms with Crippen LogP contribution >= 0.6 is 27.5 Å². The fourth-order valence-corrected chi connectivity index (χ4v) is 3.25. The number of halogens is 2. The zero-order valence-corrected chi connectivity index (χ0v) is 12.0. The number of carbonyl (C=O) groups excluding carboxylic acids is 1. The van der Waals surface area contributed by atoms with Gasteiger partial charge in [-0.2, -0.15) is 0 Å². The SMILES string of the molecule is O=C(c1cccc2c(Cl)cccc12)C(Br)C1CC1. The molecule has 1 unspecified atom stereocenters. The van der Waals surface area contributed by atoms with Gasteiger partial charge in [-0.3, -0.25) is 4.79 Å². The van der Waals surface area contributed by atoms with Gasteiger partial charge in [-0.25, -0.2) is 0 Å². The number of alkyl halides is 1. The van der Waals surface area contributed by atoms with Crippen molar-refractivity contribution in [2.24, 2.45) is 5.92 Å². The lowest BCUT2D eigenvalue weighted by atomic mass is 9.98. The second-order valence-electron chi connectivity index (χ2n) is 4.74. The van der Waals surface area contributed by atoms with Crippen molar-refractivity contribution in [1.82, 2.24) is 0 Å². The van der Waals surface area contributed by atoms with E-state index in [0.717, 1.165) is 29.2 Å². The minimum absolute atomic E-state index is 0.0536. The maximum atomic E-state index is 12.5. The summed E-state index contributed by atoms with van der Waals surface area (Å²) >= 11 is 9.69. The Morgan fingerprint density at radius 3 is 2.56 bits per heavy atom. The van der Waals surface area contributed by atoms with Crippen molar-refractivity contribution in [1.29, 1.82) is 0 Å². The van der Waals surface area contributed by atoms with Gasteiger partial charge in [-0.1, -0.05) is 57.9 Å². The van der Waals surface area contributed by atoms with E-state index in [1.54, 1.807) is 0 Å². The Hall–Kier alpha value is -0.860. The minimum Gasteiger partial charge on any atom is -0.293 e. The van der Waals surface area contributed by atoms with Gasteiger partial charge in [-0.05, 0) is 30.2 Å². The molecule has 0 radical (unpaired) electrons. The van der Waals surface area contributed by atoms with Crippen LogP contribution in [0.25, 0.3) is 10.8 Å². The topological polar surface area (TPSA) is 17.1 Å². The molecule has 0 aliphatic heterocycles. The molecular weight excluding hydrogens is 312 g/mol. The van der Waals surface area contributed by atoms with Crippen LogP contribution in [0, 0.1) is 5.92 Å². The quantitative estimate of drug-likeness (QED) is 0.583. The smallest absolute Gasteiger partial charge is 0.177 e. The third-order valence-corrected chi connectivity index (χ3v) is 4.91. The molecule has 0 aromatic heterocycles. The van der Waals surface area contributed by atoms with Crippen LogP contribution in [0.2, 0.25) is 5.02 Å². The van der Waals surface area contributed by atoms with Crippen molar-refractivity contribution < 1.29 is 4.79 Å². The van der Waals surface area contributed by atoms with E-state index >= 15 is 0 Å². The van der Waals surface area contributed by atoms with Crippen molar-refractivity contribution in [2.45, 2.75) is 17.7 Å². The molecule has 0 amide bonds. The number of rotatable bonds is 3. The fraction of sp³-hybridized carbons (Fsp3) is 0.267. The molecule has 0 heterocycles. The van der Waals surface area contributed by atoms with E-state index in [1.807, 2.05) is 36.4 Å². The largest absolute Gasteiger partial charge is 0.293 e. The first-order chi connectivity index (χ1) is 8.68. The molecule has 3 heteroatoms. The fourth-order valence-electron chi connectivity index (χ4n) is 2.24. The predicted octanol–water partition coefficient (Wildman–Crippen LogP) is 4.85. The van der Waals surface area contributed by atoms with Crippen LogP contribution in [-0.4, -0.2) is 10.6 Å². The van der Waals surface area contributed by atoms with Crippen LogP contribution < -0.4 is 0 Å². The van der Waals surface area contributed by atoms with E-state index in [4.69, 9.17) is 11.6 Å². The van der Waals surface area contributed by atoms with Gasteiger partial charge in [0.25, 0.3) is 0 Å². The van der Waals surface area contributed by atoms with Crippen molar-refractivity contribution in [3.63, 3.8) is 0 Å². The van der Waals surface area contributed by atoms with E-state index in [-0.39, 0.29) is 10.6 Å². The highest BCUT2D eigenvalue weighted by atomic mass is 79.9. The summed E-state index contributed by atoms with van der Waals surface area (Å²) in [4.78, 5) is 12.4. The predicted molar refractivity (Wildman–Crippen MR) is 78.7 cm³/mol. The summed E-state index contributed by atoms with van der Waals surface area (Å²) in [6, 6.07) is 11.4. The van der Waals surface area contributed by atoms with Gasteiger partial charge in [-0.15, -0.1) is 0 Å². The molecular formula is C15H12BrClO. The maximum absolute atomic E-state index is 12.5. The van der Waals surface area contributed by atoms with Gasteiger partial charge in [0.15, 0.2) is 5.78 Å². The lowest BCUT2D eigenvalue weighted by molar-refractivity contribution is 0.0987. The van der Waals surface area contributed by atoms with Gasteiger partial charge in [0, 0.05) is 16.0 Å². The Balaban J connectivity index is 2.11. The first-order valence-electron chi connectivity index (χ1n) is 6.04. The molecule has 0 N–H and O–H groups in total. The van der Waals surface area contributed by atoms with Gasteiger partial charge in [0.2, 0.25) is 0 Å². The number of ketones is 1. The summed E-state index contributed by atoms with van der Waals surface area (Å²) in [5, 5.41) is 2.58.